The van der Waals surface area contributed by atoms with Crippen LogP contribution in [0.15, 0.2) is 71.7 Å². The maximum Gasteiger partial charge on any atom is 0.273 e. The summed E-state index contributed by atoms with van der Waals surface area (Å²) in [5.41, 5.74) is -0.276. The van der Waals surface area contributed by atoms with Gasteiger partial charge in [-0.15, -0.1) is 0 Å². The number of benzene rings is 2. The topological polar surface area (TPSA) is 93.4 Å². The van der Waals surface area contributed by atoms with E-state index in [2.05, 4.69) is 10.3 Å². The van der Waals surface area contributed by atoms with Crippen LogP contribution in [0.1, 0.15) is 15.9 Å². The number of amides is 1. The minimum atomic E-state index is -0.813. The molecule has 0 bridgehead atoms. The van der Waals surface area contributed by atoms with Crippen LogP contribution in [0.25, 0.3) is 16.7 Å². The van der Waals surface area contributed by atoms with Gasteiger partial charge in [-0.3, -0.25) is 14.2 Å². The Bertz CT molecular complexity index is 1350. The monoisotopic (exact) mass is 419 g/mol. The average molecular weight is 419 g/mol. The molecule has 31 heavy (non-hydrogen) atoms. The first-order valence-corrected chi connectivity index (χ1v) is 9.40. The van der Waals surface area contributed by atoms with Gasteiger partial charge in [-0.2, -0.15) is 0 Å². The number of carbonyl (C=O) groups excluding carboxylic acids is 1. The van der Waals surface area contributed by atoms with Crippen LogP contribution in [0, 0.1) is 5.82 Å². The summed E-state index contributed by atoms with van der Waals surface area (Å²) in [6.07, 6.45) is 1.44. The molecular weight excluding hydrogens is 401 g/mol. The average Bonchev–Trinajstić information content (AvgIpc) is 2.78. The summed E-state index contributed by atoms with van der Waals surface area (Å²) in [6.45, 7) is 0.0762. The Morgan fingerprint density at radius 1 is 1.16 bits per heavy atom. The minimum absolute atomic E-state index is 0.0762. The highest BCUT2D eigenvalue weighted by atomic mass is 19.1. The van der Waals surface area contributed by atoms with E-state index in [1.165, 1.54) is 37.6 Å². The Balaban J connectivity index is 1.83. The maximum atomic E-state index is 13.8. The molecule has 4 aromatic rings. The maximum absolute atomic E-state index is 13.8. The quantitative estimate of drug-likeness (QED) is 0.518. The number of pyridine rings is 2. The second-order valence-electron chi connectivity index (χ2n) is 6.71. The van der Waals surface area contributed by atoms with Crippen LogP contribution in [0.3, 0.4) is 0 Å². The van der Waals surface area contributed by atoms with Crippen LogP contribution < -0.4 is 15.6 Å². The fourth-order valence-corrected chi connectivity index (χ4v) is 3.38. The predicted molar refractivity (Wildman–Crippen MR) is 113 cm³/mol. The molecule has 0 aliphatic carbocycles. The van der Waals surface area contributed by atoms with Crippen LogP contribution in [-0.2, 0) is 6.54 Å². The van der Waals surface area contributed by atoms with Crippen molar-refractivity contribution in [3.05, 3.63) is 94.2 Å². The standard InChI is InChI=1S/C23H18FN3O4/c1-31-18-10-3-2-6-14(18)13-26-22(29)19-20(28)17-9-5-11-25-21(17)27(23(19)30)16-8-4-7-15(24)12-16/h2-12,28H,13H2,1H3,(H,26,29). The molecule has 7 nitrogen and oxygen atoms in total. The molecule has 0 aliphatic heterocycles. The summed E-state index contributed by atoms with van der Waals surface area (Å²) < 4.78 is 20.2. The lowest BCUT2D eigenvalue weighted by Gasteiger charge is -2.15. The molecule has 0 radical (unpaired) electrons. The highest BCUT2D eigenvalue weighted by molar-refractivity contribution is 6.02. The number of carbonyl (C=O) groups is 1. The molecule has 0 atom stereocenters. The van der Waals surface area contributed by atoms with E-state index in [0.717, 1.165) is 10.6 Å². The molecule has 8 heteroatoms. The van der Waals surface area contributed by atoms with Crippen molar-refractivity contribution in [1.82, 2.24) is 14.9 Å². The minimum Gasteiger partial charge on any atom is -0.506 e. The van der Waals surface area contributed by atoms with Crippen LogP contribution >= 0.6 is 0 Å². The number of nitrogens with one attached hydrogen (secondary N) is 1. The van der Waals surface area contributed by atoms with Crippen molar-refractivity contribution in [2.24, 2.45) is 0 Å². The molecule has 2 aromatic heterocycles. The van der Waals surface area contributed by atoms with E-state index >= 15 is 0 Å². The third-order valence-electron chi connectivity index (χ3n) is 4.83. The highest BCUT2D eigenvalue weighted by Crippen LogP contribution is 2.27. The third kappa shape index (κ3) is 3.71. The largest absolute Gasteiger partial charge is 0.506 e. The Morgan fingerprint density at radius 2 is 1.97 bits per heavy atom. The number of halogens is 1. The fourth-order valence-electron chi connectivity index (χ4n) is 3.38. The van der Waals surface area contributed by atoms with Gasteiger partial charge in [0.25, 0.3) is 11.5 Å². The molecule has 2 aromatic carbocycles. The zero-order chi connectivity index (χ0) is 22.0. The first-order valence-electron chi connectivity index (χ1n) is 9.40. The Hall–Kier alpha value is -4.20. The Kier molecular flexibility index (Phi) is 5.36. The molecular formula is C23H18FN3O4. The summed E-state index contributed by atoms with van der Waals surface area (Å²) in [6, 6.07) is 15.6. The molecule has 0 saturated heterocycles. The van der Waals surface area contributed by atoms with Crippen molar-refractivity contribution < 1.29 is 19.0 Å². The highest BCUT2D eigenvalue weighted by Gasteiger charge is 2.23. The first-order chi connectivity index (χ1) is 15.0. The summed E-state index contributed by atoms with van der Waals surface area (Å²) in [4.78, 5) is 30.3. The summed E-state index contributed by atoms with van der Waals surface area (Å²) in [5, 5.41) is 13.5. The number of ether oxygens (including phenoxy) is 1. The van der Waals surface area contributed by atoms with Gasteiger partial charge in [0, 0.05) is 18.3 Å². The number of aromatic nitrogens is 2. The molecule has 0 aliphatic rings. The normalized spacial score (nSPS) is 10.8. The van der Waals surface area contributed by atoms with Crippen LogP contribution in [0.2, 0.25) is 0 Å². The van der Waals surface area contributed by atoms with Gasteiger partial charge in [0.2, 0.25) is 0 Å². The number of methoxy groups -OCH3 is 1. The summed E-state index contributed by atoms with van der Waals surface area (Å²) in [5.74, 6) is -1.24. The molecule has 4 rings (SSSR count). The second kappa shape index (κ2) is 8.27. The number of aromatic hydroxyl groups is 1. The molecule has 2 N–H and O–H groups in total. The van der Waals surface area contributed by atoms with Gasteiger partial charge >= 0.3 is 0 Å². The molecule has 0 spiro atoms. The number of nitrogens with zero attached hydrogens (tertiary/aromatic N) is 2. The van der Waals surface area contributed by atoms with Crippen LogP contribution in [0.4, 0.5) is 4.39 Å². The lowest BCUT2D eigenvalue weighted by molar-refractivity contribution is 0.0946. The van der Waals surface area contributed by atoms with Gasteiger partial charge in [0.05, 0.1) is 18.2 Å². The molecule has 1 amide bonds. The molecule has 2 heterocycles. The van der Waals surface area contributed by atoms with Gasteiger partial charge in [0.15, 0.2) is 5.65 Å². The smallest absolute Gasteiger partial charge is 0.273 e. The first kappa shape index (κ1) is 20.1. The fraction of sp³-hybridized carbons (Fsp3) is 0.0870. The van der Waals surface area contributed by atoms with E-state index in [-0.39, 0.29) is 23.3 Å². The number of para-hydroxylation sites is 1. The van der Waals surface area contributed by atoms with Gasteiger partial charge in [0.1, 0.15) is 22.9 Å². The van der Waals surface area contributed by atoms with E-state index in [9.17, 15) is 19.1 Å². The van der Waals surface area contributed by atoms with E-state index in [1.54, 1.807) is 30.3 Å². The predicted octanol–water partition coefficient (Wildman–Crippen LogP) is 3.17. The van der Waals surface area contributed by atoms with Gasteiger partial charge < -0.3 is 15.2 Å². The lowest BCUT2D eigenvalue weighted by Crippen LogP contribution is -2.33. The van der Waals surface area contributed by atoms with Crippen LogP contribution in [-0.4, -0.2) is 27.7 Å². The number of fused-ring (bicyclic) bond motifs is 1. The van der Waals surface area contributed by atoms with Gasteiger partial charge in [-0.1, -0.05) is 24.3 Å². The van der Waals surface area contributed by atoms with Gasteiger partial charge in [-0.05, 0) is 36.4 Å². The van der Waals surface area contributed by atoms with Crippen molar-refractivity contribution in [3.8, 4) is 17.2 Å². The zero-order valence-corrected chi connectivity index (χ0v) is 16.5. The third-order valence-corrected chi connectivity index (χ3v) is 4.83. The van der Waals surface area contributed by atoms with E-state index in [1.807, 2.05) is 0 Å². The summed E-state index contributed by atoms with van der Waals surface area (Å²) in [7, 11) is 1.51. The van der Waals surface area contributed by atoms with Crippen molar-refractivity contribution in [1.29, 1.82) is 0 Å². The Morgan fingerprint density at radius 3 is 2.74 bits per heavy atom. The number of hydrogen-bond donors (Lipinski definition) is 2. The van der Waals surface area contributed by atoms with Crippen LogP contribution in [0.5, 0.6) is 11.5 Å². The molecule has 0 unspecified atom stereocenters. The molecule has 0 saturated carbocycles. The lowest BCUT2D eigenvalue weighted by atomic mass is 10.1. The summed E-state index contributed by atoms with van der Waals surface area (Å²) >= 11 is 0. The van der Waals surface area contributed by atoms with Crippen molar-refractivity contribution in [2.45, 2.75) is 6.54 Å². The molecule has 156 valence electrons. The number of hydrogen-bond acceptors (Lipinski definition) is 5. The second-order valence-corrected chi connectivity index (χ2v) is 6.71. The van der Waals surface area contributed by atoms with Crippen molar-refractivity contribution in [2.75, 3.05) is 7.11 Å². The molecule has 0 fully saturated rings. The van der Waals surface area contributed by atoms with E-state index in [0.29, 0.717) is 11.3 Å². The van der Waals surface area contributed by atoms with E-state index in [4.69, 9.17) is 4.74 Å². The number of rotatable bonds is 5. The van der Waals surface area contributed by atoms with Crippen molar-refractivity contribution >= 4 is 16.9 Å². The zero-order valence-electron chi connectivity index (χ0n) is 16.5. The van der Waals surface area contributed by atoms with Gasteiger partial charge in [-0.25, -0.2) is 9.37 Å². The Labute approximate surface area is 176 Å². The SMILES string of the molecule is COc1ccccc1CNC(=O)c1c(O)c2cccnc2n(-c2cccc(F)c2)c1=O. The van der Waals surface area contributed by atoms with E-state index < -0.39 is 28.6 Å². The van der Waals surface area contributed by atoms with Crippen molar-refractivity contribution in [3.63, 3.8) is 0 Å².